The maximum atomic E-state index is 11.5. The molecule has 4 fully saturated rings. The van der Waals surface area contributed by atoms with Gasteiger partial charge in [0.15, 0.2) is 0 Å². The largest absolute Gasteiger partial charge is 0.478 e. The lowest BCUT2D eigenvalue weighted by Crippen LogP contribution is -2.55. The molecule has 0 aromatic heterocycles. The van der Waals surface area contributed by atoms with Crippen molar-refractivity contribution in [2.45, 2.75) is 89.0 Å². The van der Waals surface area contributed by atoms with Crippen LogP contribution in [0.4, 0.5) is 0 Å². The highest BCUT2D eigenvalue weighted by Gasteiger charge is 2.48. The molecule has 0 amide bonds. The van der Waals surface area contributed by atoms with E-state index in [1.807, 2.05) is 20.8 Å². The Balaban J connectivity index is 0.000000227. The summed E-state index contributed by atoms with van der Waals surface area (Å²) >= 11 is 5.49. The van der Waals surface area contributed by atoms with Gasteiger partial charge in [0.2, 0.25) is 6.10 Å². The molecule has 0 saturated heterocycles. The fraction of sp³-hybridized carbons (Fsp3) is 0.909. The van der Waals surface area contributed by atoms with Crippen LogP contribution in [0.1, 0.15) is 72.6 Å². The van der Waals surface area contributed by atoms with E-state index >= 15 is 0 Å². The number of carbonyl (C=O) groups is 2. The number of rotatable bonds is 8. The minimum absolute atomic E-state index is 0.0186. The smallest absolute Gasteiger partial charge is 0.345 e. The maximum absolute atomic E-state index is 11.5. The molecular formula is C22H39NO4S2. The number of hydrogen-bond acceptors (Lipinski definition) is 6. The van der Waals surface area contributed by atoms with Gasteiger partial charge in [-0.3, -0.25) is 4.79 Å². The molecule has 168 valence electrons. The standard InChI is InChI=1S/C12H22O4S2.C10H17N/c1-5-12(3,4)18-7-9(10(13)14)16-11(15)8(2)6-17;11-10-4-7-1-8(5-10)3-9(2-7)6-10/h8-9,17H,5-7H2,1-4H3,(H,13,14);7-9H,1-6,11H2/t8-,9+;/m1./s1. The first kappa shape index (κ1) is 24.9. The Morgan fingerprint density at radius 2 is 1.69 bits per heavy atom. The van der Waals surface area contributed by atoms with E-state index in [9.17, 15) is 9.59 Å². The molecule has 0 unspecified atom stereocenters. The highest BCUT2D eigenvalue weighted by Crippen LogP contribution is 2.54. The van der Waals surface area contributed by atoms with Gasteiger partial charge in [-0.2, -0.15) is 24.4 Å². The maximum Gasteiger partial charge on any atom is 0.345 e. The van der Waals surface area contributed by atoms with E-state index in [1.54, 1.807) is 6.92 Å². The molecule has 0 aliphatic heterocycles. The van der Waals surface area contributed by atoms with E-state index in [0.29, 0.717) is 11.3 Å². The highest BCUT2D eigenvalue weighted by molar-refractivity contribution is 8.00. The lowest BCUT2D eigenvalue weighted by atomic mass is 9.53. The van der Waals surface area contributed by atoms with Gasteiger partial charge in [-0.15, -0.1) is 0 Å². The van der Waals surface area contributed by atoms with Crippen LogP contribution in [0.15, 0.2) is 0 Å². The van der Waals surface area contributed by atoms with Crippen LogP contribution in [-0.2, 0) is 14.3 Å². The Kier molecular flexibility index (Phi) is 8.81. The zero-order valence-corrected chi connectivity index (χ0v) is 20.1. The van der Waals surface area contributed by atoms with Crippen molar-refractivity contribution in [1.29, 1.82) is 0 Å². The average molecular weight is 446 g/mol. The van der Waals surface area contributed by atoms with Crippen LogP contribution in [0, 0.1) is 23.7 Å². The second-order valence-corrected chi connectivity index (χ2v) is 12.1. The Bertz CT molecular complexity index is 546. The number of nitrogens with two attached hydrogens (primary N) is 1. The molecule has 0 heterocycles. The van der Waals surface area contributed by atoms with Crippen molar-refractivity contribution >= 4 is 36.3 Å². The first-order valence-electron chi connectivity index (χ1n) is 10.9. The number of carboxylic acid groups (broad SMARTS) is 1. The summed E-state index contributed by atoms with van der Waals surface area (Å²) in [4.78, 5) is 22.6. The molecule has 0 aromatic carbocycles. The summed E-state index contributed by atoms with van der Waals surface area (Å²) in [6.45, 7) is 7.78. The van der Waals surface area contributed by atoms with E-state index < -0.39 is 18.0 Å². The molecular weight excluding hydrogens is 406 g/mol. The predicted molar refractivity (Wildman–Crippen MR) is 122 cm³/mol. The SMILES string of the molecule is CCC(C)(C)SC[C@H](OC(=O)[C@H](C)CS)C(=O)O.NC12CC3CC(CC(C3)C1)C2. The van der Waals surface area contributed by atoms with E-state index in [1.165, 1.54) is 50.3 Å². The molecule has 4 aliphatic rings. The Labute approximate surface area is 185 Å². The molecule has 5 nitrogen and oxygen atoms in total. The average Bonchev–Trinajstić information content (AvgIpc) is 2.62. The van der Waals surface area contributed by atoms with Crippen molar-refractivity contribution in [3.8, 4) is 0 Å². The summed E-state index contributed by atoms with van der Waals surface area (Å²) in [5, 5.41) is 9.04. The summed E-state index contributed by atoms with van der Waals surface area (Å²) in [5.41, 5.74) is 6.62. The molecule has 0 aromatic rings. The molecule has 4 saturated carbocycles. The number of carbonyl (C=O) groups excluding carboxylic acids is 1. The van der Waals surface area contributed by atoms with Crippen molar-refractivity contribution in [1.82, 2.24) is 0 Å². The minimum Gasteiger partial charge on any atom is -0.478 e. The number of esters is 1. The lowest BCUT2D eigenvalue weighted by Gasteiger charge is -2.55. The second-order valence-electron chi connectivity index (χ2n) is 10.1. The number of thiol groups is 1. The van der Waals surface area contributed by atoms with Crippen LogP contribution in [0.5, 0.6) is 0 Å². The van der Waals surface area contributed by atoms with Crippen LogP contribution in [-0.4, -0.2) is 44.9 Å². The van der Waals surface area contributed by atoms with Gasteiger partial charge in [0.25, 0.3) is 0 Å². The molecule has 4 bridgehead atoms. The van der Waals surface area contributed by atoms with Crippen molar-refractivity contribution in [2.24, 2.45) is 29.4 Å². The monoisotopic (exact) mass is 445 g/mol. The van der Waals surface area contributed by atoms with Crippen LogP contribution < -0.4 is 5.73 Å². The van der Waals surface area contributed by atoms with Crippen LogP contribution in [0.3, 0.4) is 0 Å². The first-order valence-corrected chi connectivity index (χ1v) is 12.6. The quantitative estimate of drug-likeness (QED) is 0.379. The molecule has 0 radical (unpaired) electrons. The predicted octanol–water partition coefficient (Wildman–Crippen LogP) is 4.38. The van der Waals surface area contributed by atoms with Gasteiger partial charge in [-0.25, -0.2) is 4.79 Å². The van der Waals surface area contributed by atoms with E-state index in [4.69, 9.17) is 15.6 Å². The van der Waals surface area contributed by atoms with E-state index in [0.717, 1.165) is 24.2 Å². The van der Waals surface area contributed by atoms with Crippen molar-refractivity contribution in [3.63, 3.8) is 0 Å². The van der Waals surface area contributed by atoms with E-state index in [2.05, 4.69) is 12.6 Å². The first-order chi connectivity index (χ1) is 13.5. The number of ether oxygens (including phenoxy) is 1. The Morgan fingerprint density at radius 1 is 1.21 bits per heavy atom. The van der Waals surface area contributed by atoms with Crippen LogP contribution in [0.25, 0.3) is 0 Å². The molecule has 7 heteroatoms. The summed E-state index contributed by atoms with van der Waals surface area (Å²) in [6.07, 6.45) is 8.40. The number of hydrogen-bond donors (Lipinski definition) is 3. The van der Waals surface area contributed by atoms with Gasteiger partial charge >= 0.3 is 11.9 Å². The van der Waals surface area contributed by atoms with Crippen molar-refractivity contribution in [2.75, 3.05) is 11.5 Å². The van der Waals surface area contributed by atoms with Crippen LogP contribution >= 0.6 is 24.4 Å². The van der Waals surface area contributed by atoms with Crippen molar-refractivity contribution < 1.29 is 19.4 Å². The van der Waals surface area contributed by atoms with Crippen molar-refractivity contribution in [3.05, 3.63) is 0 Å². The van der Waals surface area contributed by atoms with Gasteiger partial charge in [0.05, 0.1) is 5.92 Å². The molecule has 0 spiro atoms. The number of aliphatic carboxylic acids is 1. The summed E-state index contributed by atoms with van der Waals surface area (Å²) < 4.78 is 4.98. The zero-order chi connectivity index (χ0) is 21.8. The third-order valence-corrected chi connectivity index (χ3v) is 8.86. The summed E-state index contributed by atoms with van der Waals surface area (Å²) in [7, 11) is 0. The van der Waals surface area contributed by atoms with E-state index in [-0.39, 0.29) is 16.4 Å². The summed E-state index contributed by atoms with van der Waals surface area (Å²) in [6, 6.07) is 0. The normalized spacial score (nSPS) is 32.1. The molecule has 29 heavy (non-hydrogen) atoms. The third-order valence-electron chi connectivity index (χ3n) is 6.77. The topological polar surface area (TPSA) is 89.6 Å². The Morgan fingerprint density at radius 3 is 2.03 bits per heavy atom. The van der Waals surface area contributed by atoms with Gasteiger partial charge < -0.3 is 15.6 Å². The second kappa shape index (κ2) is 10.3. The molecule has 3 N–H and O–H groups in total. The number of carboxylic acids is 1. The molecule has 4 aliphatic carbocycles. The fourth-order valence-corrected chi connectivity index (χ4v) is 6.23. The highest BCUT2D eigenvalue weighted by atomic mass is 32.2. The van der Waals surface area contributed by atoms with Gasteiger partial charge in [-0.05, 0) is 62.7 Å². The fourth-order valence-electron chi connectivity index (χ4n) is 5.07. The molecule has 2 atom stereocenters. The summed E-state index contributed by atoms with van der Waals surface area (Å²) in [5.74, 6) is 1.67. The van der Waals surface area contributed by atoms with Gasteiger partial charge in [0.1, 0.15) is 0 Å². The van der Waals surface area contributed by atoms with Gasteiger partial charge in [0, 0.05) is 21.8 Å². The number of thioether (sulfide) groups is 1. The van der Waals surface area contributed by atoms with Crippen LogP contribution in [0.2, 0.25) is 0 Å². The van der Waals surface area contributed by atoms with Gasteiger partial charge in [-0.1, -0.05) is 27.7 Å². The molecule has 4 rings (SSSR count). The minimum atomic E-state index is -1.10. The third kappa shape index (κ3) is 7.35. The zero-order valence-electron chi connectivity index (χ0n) is 18.4. The lowest BCUT2D eigenvalue weighted by molar-refractivity contribution is -0.164. The Hall–Kier alpha value is -0.400.